The number of para-hydroxylation sites is 5. The van der Waals surface area contributed by atoms with Gasteiger partial charge in [0.05, 0.1) is 22.7 Å². The molecule has 10 rings (SSSR count). The van der Waals surface area contributed by atoms with Crippen molar-refractivity contribution in [3.8, 4) is 11.9 Å². The van der Waals surface area contributed by atoms with E-state index in [9.17, 15) is 5.26 Å². The SMILES string of the molecule is N#Cc1cc(N2c3ccccc3B3c4ccccc4N(c4ccccc4)c4cccc2c43)nc(-n2c3ccccc3c3ccccc32)c1. The van der Waals surface area contributed by atoms with E-state index in [1.54, 1.807) is 0 Å². The molecule has 2 aliphatic rings. The van der Waals surface area contributed by atoms with Crippen molar-refractivity contribution in [3.63, 3.8) is 0 Å². The molecule has 0 N–H and O–H groups in total. The van der Waals surface area contributed by atoms with Gasteiger partial charge in [0.25, 0.3) is 6.71 Å². The minimum Gasteiger partial charge on any atom is -0.311 e. The quantitative estimate of drug-likeness (QED) is 0.189. The van der Waals surface area contributed by atoms with Gasteiger partial charge in [-0.05, 0) is 77.1 Å². The van der Waals surface area contributed by atoms with Gasteiger partial charge in [-0.25, -0.2) is 4.98 Å². The van der Waals surface area contributed by atoms with E-state index >= 15 is 0 Å². The molecule has 0 atom stereocenters. The number of hydrogen-bond acceptors (Lipinski definition) is 4. The number of fused-ring (bicyclic) bond motifs is 7. The third kappa shape index (κ3) is 3.70. The summed E-state index contributed by atoms with van der Waals surface area (Å²) >= 11 is 0. The van der Waals surface area contributed by atoms with Gasteiger partial charge in [-0.15, -0.1) is 0 Å². The topological polar surface area (TPSA) is 48.1 Å². The fraction of sp³-hybridized carbons (Fsp3) is 0. The average molecular weight is 612 g/mol. The molecule has 6 heteroatoms. The Morgan fingerprint density at radius 2 is 1.02 bits per heavy atom. The zero-order valence-corrected chi connectivity index (χ0v) is 25.8. The maximum atomic E-state index is 10.4. The molecule has 8 aromatic rings. The molecule has 5 nitrogen and oxygen atoms in total. The molecule has 0 amide bonds. The first-order chi connectivity index (χ1) is 23.8. The number of hydrogen-bond donors (Lipinski definition) is 0. The lowest BCUT2D eigenvalue weighted by atomic mass is 9.33. The van der Waals surface area contributed by atoms with E-state index in [2.05, 4.69) is 166 Å². The lowest BCUT2D eigenvalue weighted by Gasteiger charge is -2.43. The summed E-state index contributed by atoms with van der Waals surface area (Å²) in [5, 5.41) is 12.7. The monoisotopic (exact) mass is 611 g/mol. The van der Waals surface area contributed by atoms with Crippen molar-refractivity contribution in [2.75, 3.05) is 9.80 Å². The molecule has 0 radical (unpaired) electrons. The lowest BCUT2D eigenvalue weighted by molar-refractivity contribution is 1.06. The molecular weight excluding hydrogens is 585 g/mol. The fourth-order valence-electron chi connectivity index (χ4n) is 7.90. The largest absolute Gasteiger partial charge is 0.311 e. The first kappa shape index (κ1) is 26.6. The van der Waals surface area contributed by atoms with Gasteiger partial charge < -0.3 is 4.90 Å². The van der Waals surface area contributed by atoms with Gasteiger partial charge in [0.2, 0.25) is 0 Å². The van der Waals surface area contributed by atoms with Crippen LogP contribution in [0.25, 0.3) is 27.6 Å². The van der Waals surface area contributed by atoms with Crippen molar-refractivity contribution in [2.24, 2.45) is 0 Å². The molecule has 6 aromatic carbocycles. The van der Waals surface area contributed by atoms with E-state index in [0.29, 0.717) is 17.2 Å². The van der Waals surface area contributed by atoms with E-state index in [-0.39, 0.29) is 6.71 Å². The van der Waals surface area contributed by atoms with E-state index in [0.717, 1.165) is 44.6 Å². The maximum absolute atomic E-state index is 10.4. The highest BCUT2D eigenvalue weighted by atomic mass is 15.2. The molecule has 2 aromatic heterocycles. The molecule has 0 saturated carbocycles. The summed E-state index contributed by atoms with van der Waals surface area (Å²) in [5.41, 5.74) is 11.9. The number of pyridine rings is 1. The molecule has 4 heterocycles. The summed E-state index contributed by atoms with van der Waals surface area (Å²) in [6.07, 6.45) is 0. The van der Waals surface area contributed by atoms with Gasteiger partial charge in [0.1, 0.15) is 11.6 Å². The van der Waals surface area contributed by atoms with Crippen LogP contribution in [0.5, 0.6) is 0 Å². The molecule has 0 unspecified atom stereocenters. The number of nitrogens with zero attached hydrogens (tertiary/aromatic N) is 5. The molecule has 0 saturated heterocycles. The second-order valence-corrected chi connectivity index (χ2v) is 12.3. The molecule has 2 aliphatic heterocycles. The van der Waals surface area contributed by atoms with E-state index in [1.165, 1.54) is 22.1 Å². The van der Waals surface area contributed by atoms with E-state index in [1.807, 2.05) is 12.1 Å². The number of rotatable bonds is 3. The van der Waals surface area contributed by atoms with Crippen molar-refractivity contribution < 1.29 is 0 Å². The van der Waals surface area contributed by atoms with Crippen molar-refractivity contribution in [1.29, 1.82) is 5.26 Å². The molecular formula is C42H26BN5. The van der Waals surface area contributed by atoms with Crippen LogP contribution in [0.1, 0.15) is 5.56 Å². The van der Waals surface area contributed by atoms with Crippen molar-refractivity contribution in [2.45, 2.75) is 0 Å². The van der Waals surface area contributed by atoms with Crippen LogP contribution < -0.4 is 26.2 Å². The fourth-order valence-corrected chi connectivity index (χ4v) is 7.90. The van der Waals surface area contributed by atoms with Gasteiger partial charge >= 0.3 is 0 Å². The van der Waals surface area contributed by atoms with Crippen molar-refractivity contribution >= 4 is 79.2 Å². The van der Waals surface area contributed by atoms with Gasteiger partial charge in [0, 0.05) is 39.2 Å². The van der Waals surface area contributed by atoms with Crippen LogP contribution in [0.3, 0.4) is 0 Å². The second kappa shape index (κ2) is 10.2. The van der Waals surface area contributed by atoms with Crippen LogP contribution in [0.2, 0.25) is 0 Å². The van der Waals surface area contributed by atoms with Crippen molar-refractivity contribution in [3.05, 3.63) is 163 Å². The highest BCUT2D eigenvalue weighted by Gasteiger charge is 2.43. The first-order valence-electron chi connectivity index (χ1n) is 16.2. The third-order valence-electron chi connectivity index (χ3n) is 9.79. The lowest BCUT2D eigenvalue weighted by Crippen LogP contribution is -2.61. The normalized spacial score (nSPS) is 12.9. The molecule has 0 fully saturated rings. The minimum atomic E-state index is 0.0377. The van der Waals surface area contributed by atoms with E-state index < -0.39 is 0 Å². The van der Waals surface area contributed by atoms with Crippen LogP contribution in [0, 0.1) is 11.3 Å². The Labute approximate surface area is 278 Å². The summed E-state index contributed by atoms with van der Waals surface area (Å²) in [7, 11) is 0. The van der Waals surface area contributed by atoms with E-state index in [4.69, 9.17) is 4.98 Å². The Bertz CT molecular complexity index is 2570. The number of benzene rings is 6. The molecule has 0 spiro atoms. The molecule has 222 valence electrons. The van der Waals surface area contributed by atoms with Crippen molar-refractivity contribution in [1.82, 2.24) is 9.55 Å². The number of nitriles is 1. The Morgan fingerprint density at radius 3 is 1.69 bits per heavy atom. The average Bonchev–Trinajstić information content (AvgIpc) is 3.49. The Morgan fingerprint density at radius 1 is 0.500 bits per heavy atom. The summed E-state index contributed by atoms with van der Waals surface area (Å²) < 4.78 is 2.18. The molecule has 48 heavy (non-hydrogen) atoms. The standard InChI is InChI=1S/C42H26BN5/c44-27-28-25-40(47-34-19-8-4-15-30(34)31-16-5-9-20-35(31)47)45-41(26-28)48-37-22-11-7-18-33(37)43-32-17-6-10-21-36(32)46(29-13-2-1-3-14-29)38-23-12-24-39(48)42(38)43/h1-26H. The van der Waals surface area contributed by atoms with Crippen LogP contribution in [0.15, 0.2) is 158 Å². The zero-order valence-electron chi connectivity index (χ0n) is 25.8. The Kier molecular flexibility index (Phi) is 5.67. The maximum Gasteiger partial charge on any atom is 0.252 e. The number of aromatic nitrogens is 2. The van der Waals surface area contributed by atoms with Gasteiger partial charge in [-0.2, -0.15) is 5.26 Å². The highest BCUT2D eigenvalue weighted by molar-refractivity contribution is 7.00. The number of anilines is 6. The van der Waals surface area contributed by atoms with Crippen LogP contribution in [-0.2, 0) is 0 Å². The van der Waals surface area contributed by atoms with Crippen LogP contribution in [-0.4, -0.2) is 16.3 Å². The van der Waals surface area contributed by atoms with Crippen LogP contribution >= 0.6 is 0 Å². The van der Waals surface area contributed by atoms with Gasteiger partial charge in [0.15, 0.2) is 0 Å². The summed E-state index contributed by atoms with van der Waals surface area (Å²) in [5.74, 6) is 1.41. The van der Waals surface area contributed by atoms with Gasteiger partial charge in [-0.3, -0.25) is 9.47 Å². The summed E-state index contributed by atoms with van der Waals surface area (Å²) in [6.45, 7) is 0.0377. The summed E-state index contributed by atoms with van der Waals surface area (Å²) in [4.78, 5) is 10.0. The second-order valence-electron chi connectivity index (χ2n) is 12.3. The predicted octanol–water partition coefficient (Wildman–Crippen LogP) is 8.13. The minimum absolute atomic E-state index is 0.0377. The van der Waals surface area contributed by atoms with Crippen LogP contribution in [0.4, 0.5) is 34.3 Å². The predicted molar refractivity (Wildman–Crippen MR) is 197 cm³/mol. The summed E-state index contributed by atoms with van der Waals surface area (Å²) in [6, 6.07) is 57.6. The molecule has 0 bridgehead atoms. The Balaban J connectivity index is 1.26. The first-order valence-corrected chi connectivity index (χ1v) is 16.2. The third-order valence-corrected chi connectivity index (χ3v) is 9.79. The Hall–Kier alpha value is -6.58. The van der Waals surface area contributed by atoms with Gasteiger partial charge in [-0.1, -0.05) is 97.1 Å². The smallest absolute Gasteiger partial charge is 0.252 e. The molecule has 0 aliphatic carbocycles. The highest BCUT2D eigenvalue weighted by Crippen LogP contribution is 2.43. The zero-order chi connectivity index (χ0) is 31.8.